The molecule has 0 fully saturated rings. The molecule has 0 bridgehead atoms. The average Bonchev–Trinajstić information content (AvgIpc) is 1.85. The van der Waals surface area contributed by atoms with E-state index in [4.69, 9.17) is 5.39 Å². The lowest BCUT2D eigenvalue weighted by Crippen LogP contribution is -2.21. The van der Waals surface area contributed by atoms with E-state index in [1.807, 2.05) is 0 Å². The van der Waals surface area contributed by atoms with Crippen LogP contribution in [0.1, 0.15) is 0 Å². The minimum atomic E-state index is -6.09. The van der Waals surface area contributed by atoms with Crippen LogP contribution in [0.5, 0.6) is 0 Å². The molecular weight excluding hydrogens is 236 g/mol. The Morgan fingerprint density at radius 3 is 1.42 bits per heavy atom. The molecule has 0 unspecified atom stereocenters. The highest BCUT2D eigenvalue weighted by atomic mass is 33.6. The molecule has 0 aromatic rings. The molecule has 0 radical (unpaired) electrons. The topological polar surface area (TPSA) is 154 Å². The van der Waals surface area contributed by atoms with Crippen molar-refractivity contribution in [2.45, 2.75) is 0 Å². The number of hydrogen-bond donors (Lipinski definition) is 0. The second-order valence-corrected chi connectivity index (χ2v) is 9.73. The van der Waals surface area contributed by atoms with Crippen molar-refractivity contribution >= 4 is 26.1 Å². The van der Waals surface area contributed by atoms with Crippen molar-refractivity contribution in [3.8, 4) is 0 Å². The molecule has 70 valence electrons. The van der Waals surface area contributed by atoms with E-state index >= 15 is 0 Å². The zero-order valence-electron chi connectivity index (χ0n) is 4.98. The smallest absolute Gasteiger partial charge is 0.647 e. The van der Waals surface area contributed by atoms with Gasteiger partial charge in [-0.2, -0.15) is 8.42 Å². The number of hydrogen-bond acceptors (Lipinski definition) is 8. The highest BCUT2D eigenvalue weighted by Crippen LogP contribution is 2.11. The number of diazo groups is 1. The summed E-state index contributed by atoms with van der Waals surface area (Å²) in [6, 6.07) is 0. The molecule has 0 saturated heterocycles. The zero-order chi connectivity index (χ0) is 10.2. The van der Waals surface area contributed by atoms with Crippen LogP contribution < -0.4 is 0 Å². The van der Waals surface area contributed by atoms with E-state index in [1.165, 1.54) is 4.38 Å². The van der Waals surface area contributed by atoms with Gasteiger partial charge in [-0.3, -0.25) is 0 Å². The third-order valence-electron chi connectivity index (χ3n) is 0.608. The van der Waals surface area contributed by atoms with E-state index in [1.54, 1.807) is 0 Å². The lowest BCUT2D eigenvalue weighted by Gasteiger charge is -1.97. The minimum Gasteiger partial charge on any atom is -0.735 e. The van der Waals surface area contributed by atoms with Gasteiger partial charge < -0.3 is 4.55 Å². The zero-order valence-corrected chi connectivity index (χ0v) is 7.43. The SMILES string of the molecule is N#[N+]S(=O)(=O)S(=O)(=O)S(=O)(=O)[O-]. The molecule has 9 nitrogen and oxygen atoms in total. The second kappa shape index (κ2) is 2.62. The van der Waals surface area contributed by atoms with Crippen LogP contribution in [0.25, 0.3) is 4.38 Å². The van der Waals surface area contributed by atoms with Crippen LogP contribution in [0.4, 0.5) is 0 Å². The summed E-state index contributed by atoms with van der Waals surface area (Å²) in [5, 5.41) is 7.55. The first-order valence-electron chi connectivity index (χ1n) is 1.88. The quantitative estimate of drug-likeness (QED) is 0.301. The van der Waals surface area contributed by atoms with Crippen molar-refractivity contribution in [3.63, 3.8) is 0 Å². The van der Waals surface area contributed by atoms with Crippen molar-refractivity contribution in [2.24, 2.45) is 0 Å². The Morgan fingerprint density at radius 2 is 1.33 bits per heavy atom. The van der Waals surface area contributed by atoms with Crippen LogP contribution in [0.2, 0.25) is 0 Å². The molecule has 0 aromatic carbocycles. The van der Waals surface area contributed by atoms with E-state index in [2.05, 4.69) is 0 Å². The Hall–Kier alpha value is -0.770. The van der Waals surface area contributed by atoms with Gasteiger partial charge in [-0.15, -0.1) is 8.42 Å². The van der Waals surface area contributed by atoms with Gasteiger partial charge in [0.05, 0.1) is 0 Å². The van der Waals surface area contributed by atoms with E-state index in [-0.39, 0.29) is 0 Å². The van der Waals surface area contributed by atoms with Crippen LogP contribution in [-0.4, -0.2) is 29.8 Å². The summed E-state index contributed by atoms with van der Waals surface area (Å²) < 4.78 is 71.1. The first-order chi connectivity index (χ1) is 5.06. The maximum Gasteiger partial charge on any atom is 0.647 e. The van der Waals surface area contributed by atoms with Crippen LogP contribution in [0.15, 0.2) is 0 Å². The molecule has 0 N–H and O–H groups in total. The first kappa shape index (κ1) is 11.2. The Balaban J connectivity index is 6.09. The normalized spacial score (nSPS) is 13.7. The molecule has 0 atom stereocenters. The van der Waals surface area contributed by atoms with Gasteiger partial charge in [0.1, 0.15) is 0 Å². The van der Waals surface area contributed by atoms with Crippen LogP contribution in [0, 0.1) is 5.39 Å². The third-order valence-corrected chi connectivity index (χ3v) is 8.12. The van der Waals surface area contributed by atoms with Gasteiger partial charge in [0.15, 0.2) is 0 Å². The fraction of sp³-hybridized carbons (Fsp3) is 0. The molecule has 0 rings (SSSR count). The van der Waals surface area contributed by atoms with Gasteiger partial charge in [-0.05, 0) is 0 Å². The predicted molar refractivity (Wildman–Crippen MR) is 32.6 cm³/mol. The Kier molecular flexibility index (Phi) is 2.45. The fourth-order valence-electron chi connectivity index (χ4n) is 0.146. The summed E-state index contributed by atoms with van der Waals surface area (Å²) in [7, 11) is -17.8. The summed E-state index contributed by atoms with van der Waals surface area (Å²) in [5.74, 6) is 0. The average molecular weight is 236 g/mol. The molecule has 0 spiro atoms. The standard InChI is InChI=1S/N2O7S3/c1-2-10(3,4)12(8,9)11(5,6)7. The van der Waals surface area contributed by atoms with E-state index in [0.717, 1.165) is 0 Å². The molecule has 0 saturated carbocycles. The molecular formula is N2O7S3. The van der Waals surface area contributed by atoms with Crippen molar-refractivity contribution < 1.29 is 29.8 Å². The summed E-state index contributed by atoms with van der Waals surface area (Å²) in [4.78, 5) is 0. The molecule has 0 amide bonds. The summed E-state index contributed by atoms with van der Waals surface area (Å²) in [6.45, 7) is 0. The second-order valence-electron chi connectivity index (χ2n) is 1.33. The molecule has 0 aliphatic carbocycles. The summed E-state index contributed by atoms with van der Waals surface area (Å²) in [6.07, 6.45) is 0. The van der Waals surface area contributed by atoms with Gasteiger partial charge in [0.2, 0.25) is 14.5 Å². The minimum absolute atomic E-state index is 1.26. The van der Waals surface area contributed by atoms with E-state index < -0.39 is 26.1 Å². The highest BCUT2D eigenvalue weighted by molar-refractivity contribution is 8.98. The monoisotopic (exact) mass is 236 g/mol. The molecule has 0 aliphatic rings. The Labute approximate surface area is 66.1 Å². The van der Waals surface area contributed by atoms with Gasteiger partial charge >= 0.3 is 17.0 Å². The van der Waals surface area contributed by atoms with Crippen molar-refractivity contribution in [2.75, 3.05) is 0 Å². The maximum atomic E-state index is 10.2. The first-order valence-corrected chi connectivity index (χ1v) is 7.25. The molecule has 0 aliphatic heterocycles. The van der Waals surface area contributed by atoms with Crippen molar-refractivity contribution in [1.29, 1.82) is 5.39 Å². The predicted octanol–water partition coefficient (Wildman–Crippen LogP) is -2.04. The molecule has 12 heteroatoms. The fourth-order valence-corrected chi connectivity index (χ4v) is 3.46. The Bertz CT molecular complexity index is 508. The molecule has 12 heavy (non-hydrogen) atoms. The summed E-state index contributed by atoms with van der Waals surface area (Å²) in [5.41, 5.74) is 0. The third kappa shape index (κ3) is 1.53. The van der Waals surface area contributed by atoms with Gasteiger partial charge in [0.25, 0.3) is 4.38 Å². The lowest BCUT2D eigenvalue weighted by atomic mass is 13.4. The van der Waals surface area contributed by atoms with Crippen molar-refractivity contribution in [3.05, 3.63) is 4.38 Å². The molecule has 0 aromatic heterocycles. The number of nitrogens with zero attached hydrogens (tertiary/aromatic N) is 2. The van der Waals surface area contributed by atoms with E-state index in [0.29, 0.717) is 0 Å². The Morgan fingerprint density at radius 1 is 1.00 bits per heavy atom. The lowest BCUT2D eigenvalue weighted by molar-refractivity contribution is 0.475. The van der Waals surface area contributed by atoms with Crippen LogP contribution in [0.3, 0.4) is 0 Å². The molecule has 0 heterocycles. The van der Waals surface area contributed by atoms with Gasteiger partial charge in [-0.1, -0.05) is 0 Å². The van der Waals surface area contributed by atoms with E-state index in [9.17, 15) is 29.8 Å². The largest absolute Gasteiger partial charge is 0.735 e. The highest BCUT2D eigenvalue weighted by Gasteiger charge is 2.48. The van der Waals surface area contributed by atoms with Crippen molar-refractivity contribution in [1.82, 2.24) is 0 Å². The van der Waals surface area contributed by atoms with Crippen LogP contribution in [-0.2, 0) is 26.1 Å². The summed E-state index contributed by atoms with van der Waals surface area (Å²) >= 11 is 0. The van der Waals surface area contributed by atoms with Gasteiger partial charge in [-0.25, -0.2) is 8.42 Å². The van der Waals surface area contributed by atoms with Crippen LogP contribution >= 0.6 is 0 Å². The number of rotatable bonds is 2. The maximum absolute atomic E-state index is 10.2. The van der Waals surface area contributed by atoms with Gasteiger partial charge in [0, 0.05) is 0 Å².